The molecule has 0 heterocycles. The molecule has 3 aromatic rings. The van der Waals surface area contributed by atoms with E-state index in [1.54, 1.807) is 0 Å². The molecule has 0 unspecified atom stereocenters. The molecule has 0 bridgehead atoms. The fourth-order valence-electron chi connectivity index (χ4n) is 3.15. The molecule has 3 rings (SSSR count). The third kappa shape index (κ3) is 4.72. The van der Waals surface area contributed by atoms with Crippen molar-refractivity contribution < 1.29 is 18.1 Å². The molecule has 0 saturated heterocycles. The molecule has 0 aliphatic heterocycles. The highest BCUT2D eigenvalue weighted by atomic mass is 32.2. The summed E-state index contributed by atoms with van der Waals surface area (Å²) in [6, 6.07) is 15.4. The number of sulfonamides is 1. The number of nitrogens with one attached hydrogen (secondary N) is 2. The van der Waals surface area contributed by atoms with E-state index in [4.69, 9.17) is 0 Å². The molecule has 160 valence electrons. The average Bonchev–Trinajstić information content (AvgIpc) is 2.71. The average molecular weight is 439 g/mol. The number of para-hydroxylation sites is 1. The third-order valence-corrected chi connectivity index (χ3v) is 6.25. The van der Waals surface area contributed by atoms with Crippen LogP contribution in [0.2, 0.25) is 0 Å². The fourth-order valence-corrected chi connectivity index (χ4v) is 4.35. The number of anilines is 2. The van der Waals surface area contributed by atoms with E-state index in [2.05, 4.69) is 10.0 Å². The van der Waals surface area contributed by atoms with Gasteiger partial charge in [0, 0.05) is 22.9 Å². The van der Waals surface area contributed by atoms with Crippen LogP contribution in [0.3, 0.4) is 0 Å². The maximum Gasteiger partial charge on any atom is 0.273 e. The van der Waals surface area contributed by atoms with E-state index in [0.717, 1.165) is 11.1 Å². The van der Waals surface area contributed by atoms with Crippen molar-refractivity contribution in [3.8, 4) is 0 Å². The van der Waals surface area contributed by atoms with E-state index >= 15 is 0 Å². The summed E-state index contributed by atoms with van der Waals surface area (Å²) in [5, 5.41) is 13.7. The number of rotatable bonds is 6. The summed E-state index contributed by atoms with van der Waals surface area (Å²) in [5.74, 6) is -0.523. The van der Waals surface area contributed by atoms with Crippen LogP contribution >= 0.6 is 0 Å². The first kappa shape index (κ1) is 22.0. The minimum Gasteiger partial charge on any atom is -0.322 e. The molecule has 0 radical (unpaired) electrons. The summed E-state index contributed by atoms with van der Waals surface area (Å²) in [7, 11) is -3.82. The molecule has 0 atom stereocenters. The van der Waals surface area contributed by atoms with E-state index in [1.807, 2.05) is 32.0 Å². The Bertz CT molecular complexity index is 1250. The molecular weight excluding hydrogens is 418 g/mol. The molecule has 31 heavy (non-hydrogen) atoms. The highest BCUT2D eigenvalue weighted by molar-refractivity contribution is 7.92. The van der Waals surface area contributed by atoms with Gasteiger partial charge < -0.3 is 5.32 Å². The number of carbonyl (C=O) groups is 1. The molecule has 9 heteroatoms. The second-order valence-electron chi connectivity index (χ2n) is 7.06. The van der Waals surface area contributed by atoms with E-state index < -0.39 is 20.9 Å². The zero-order valence-corrected chi connectivity index (χ0v) is 18.0. The molecule has 0 spiro atoms. The number of nitro groups is 1. The van der Waals surface area contributed by atoms with Crippen LogP contribution in [0.5, 0.6) is 0 Å². The standard InChI is InChI=1S/C22H21N3O5S/c1-14-6-4-7-15(2)21(14)24-31(29,30)18-12-10-17(11-13-18)23-22(26)19-8-5-9-20(16(19)3)25(27)28/h4-13,24H,1-3H3,(H,23,26). The lowest BCUT2D eigenvalue weighted by Crippen LogP contribution is -2.16. The number of nitro benzene ring substituents is 1. The van der Waals surface area contributed by atoms with Gasteiger partial charge in [0.25, 0.3) is 21.6 Å². The van der Waals surface area contributed by atoms with Gasteiger partial charge in [-0.2, -0.15) is 0 Å². The molecule has 8 nitrogen and oxygen atoms in total. The smallest absolute Gasteiger partial charge is 0.273 e. The lowest BCUT2D eigenvalue weighted by atomic mass is 10.1. The van der Waals surface area contributed by atoms with Crippen LogP contribution in [0.15, 0.2) is 65.6 Å². The number of nitrogens with zero attached hydrogens (tertiary/aromatic N) is 1. The van der Waals surface area contributed by atoms with Gasteiger partial charge in [0.1, 0.15) is 0 Å². The Morgan fingerprint density at radius 1 is 0.903 bits per heavy atom. The molecule has 0 aliphatic carbocycles. The van der Waals surface area contributed by atoms with Gasteiger partial charge in [0.15, 0.2) is 0 Å². The Morgan fingerprint density at radius 2 is 1.48 bits per heavy atom. The highest BCUT2D eigenvalue weighted by Crippen LogP contribution is 2.25. The van der Waals surface area contributed by atoms with Crippen molar-refractivity contribution in [2.24, 2.45) is 0 Å². The van der Waals surface area contributed by atoms with Crippen LogP contribution in [0.1, 0.15) is 27.0 Å². The molecule has 3 aromatic carbocycles. The molecule has 0 aromatic heterocycles. The number of amides is 1. The van der Waals surface area contributed by atoms with Gasteiger partial charge in [0.05, 0.1) is 15.5 Å². The zero-order chi connectivity index (χ0) is 22.8. The topological polar surface area (TPSA) is 118 Å². The van der Waals surface area contributed by atoms with E-state index in [1.165, 1.54) is 49.4 Å². The summed E-state index contributed by atoms with van der Waals surface area (Å²) in [4.78, 5) is 23.1. The van der Waals surface area contributed by atoms with Crippen molar-refractivity contribution in [2.45, 2.75) is 25.7 Å². The zero-order valence-electron chi connectivity index (χ0n) is 17.2. The summed E-state index contributed by atoms with van der Waals surface area (Å²) in [5.41, 5.74) is 2.78. The molecule has 0 fully saturated rings. The lowest BCUT2D eigenvalue weighted by molar-refractivity contribution is -0.385. The van der Waals surface area contributed by atoms with Crippen LogP contribution in [-0.4, -0.2) is 19.2 Å². The van der Waals surface area contributed by atoms with E-state index in [0.29, 0.717) is 11.4 Å². The van der Waals surface area contributed by atoms with Crippen molar-refractivity contribution in [3.05, 3.63) is 93.0 Å². The highest BCUT2D eigenvalue weighted by Gasteiger charge is 2.19. The normalized spacial score (nSPS) is 11.1. The summed E-state index contributed by atoms with van der Waals surface area (Å²) >= 11 is 0. The van der Waals surface area contributed by atoms with Crippen LogP contribution < -0.4 is 10.0 Å². The Hall–Kier alpha value is -3.72. The first-order valence-electron chi connectivity index (χ1n) is 9.34. The summed E-state index contributed by atoms with van der Waals surface area (Å²) < 4.78 is 28.1. The van der Waals surface area contributed by atoms with Crippen molar-refractivity contribution in [1.29, 1.82) is 0 Å². The maximum atomic E-state index is 12.7. The van der Waals surface area contributed by atoms with Crippen molar-refractivity contribution in [1.82, 2.24) is 0 Å². The van der Waals surface area contributed by atoms with Crippen LogP contribution in [0.25, 0.3) is 0 Å². The first-order chi connectivity index (χ1) is 14.6. The van der Waals surface area contributed by atoms with Gasteiger partial charge in [-0.3, -0.25) is 19.6 Å². The van der Waals surface area contributed by atoms with Gasteiger partial charge in [-0.15, -0.1) is 0 Å². The van der Waals surface area contributed by atoms with Crippen LogP contribution in [-0.2, 0) is 10.0 Å². The Labute approximate surface area is 180 Å². The Balaban J connectivity index is 1.80. The van der Waals surface area contributed by atoms with Gasteiger partial charge in [-0.05, 0) is 62.2 Å². The second kappa shape index (κ2) is 8.57. The van der Waals surface area contributed by atoms with Crippen LogP contribution in [0.4, 0.5) is 17.1 Å². The fraction of sp³-hybridized carbons (Fsp3) is 0.136. The number of carbonyl (C=O) groups excluding carboxylic acids is 1. The Morgan fingerprint density at radius 3 is 2.06 bits per heavy atom. The molecule has 1 amide bonds. The number of hydrogen-bond donors (Lipinski definition) is 2. The number of aryl methyl sites for hydroxylation is 2. The first-order valence-corrected chi connectivity index (χ1v) is 10.8. The number of hydrogen-bond acceptors (Lipinski definition) is 5. The molecule has 0 aliphatic rings. The van der Waals surface area contributed by atoms with Crippen LogP contribution in [0, 0.1) is 30.9 Å². The second-order valence-corrected chi connectivity index (χ2v) is 8.74. The molecular formula is C22H21N3O5S. The Kier molecular flexibility index (Phi) is 6.07. The largest absolute Gasteiger partial charge is 0.322 e. The maximum absolute atomic E-state index is 12.7. The van der Waals surface area contributed by atoms with Gasteiger partial charge in [-0.25, -0.2) is 8.42 Å². The minimum atomic E-state index is -3.82. The SMILES string of the molecule is Cc1cccc(C)c1NS(=O)(=O)c1ccc(NC(=O)c2cccc([N+](=O)[O-])c2C)cc1. The minimum absolute atomic E-state index is 0.0414. The predicted molar refractivity (Wildman–Crippen MR) is 119 cm³/mol. The van der Waals surface area contributed by atoms with E-state index in [9.17, 15) is 23.3 Å². The van der Waals surface area contributed by atoms with E-state index in [-0.39, 0.29) is 21.7 Å². The van der Waals surface area contributed by atoms with Gasteiger partial charge in [-0.1, -0.05) is 24.3 Å². The summed E-state index contributed by atoms with van der Waals surface area (Å²) in [6.45, 7) is 5.14. The number of benzene rings is 3. The monoisotopic (exact) mass is 439 g/mol. The lowest BCUT2D eigenvalue weighted by Gasteiger charge is -2.13. The van der Waals surface area contributed by atoms with Gasteiger partial charge >= 0.3 is 0 Å². The molecule has 0 saturated carbocycles. The third-order valence-electron chi connectivity index (χ3n) is 4.89. The van der Waals surface area contributed by atoms with Crippen molar-refractivity contribution in [2.75, 3.05) is 10.0 Å². The van der Waals surface area contributed by atoms with Crippen molar-refractivity contribution >= 4 is 33.0 Å². The quantitative estimate of drug-likeness (QED) is 0.431. The summed E-state index contributed by atoms with van der Waals surface area (Å²) in [6.07, 6.45) is 0. The van der Waals surface area contributed by atoms with Gasteiger partial charge in [0.2, 0.25) is 0 Å². The van der Waals surface area contributed by atoms with Crippen molar-refractivity contribution in [3.63, 3.8) is 0 Å². The predicted octanol–water partition coefficient (Wildman–Crippen LogP) is 4.57. The molecule has 2 N–H and O–H groups in total.